The number of nitrogens with two attached hydrogens (primary N) is 1. The van der Waals surface area contributed by atoms with Crippen molar-refractivity contribution in [1.82, 2.24) is 9.80 Å². The Kier molecular flexibility index (Phi) is 5.39. The van der Waals surface area contributed by atoms with Crippen LogP contribution in [0.3, 0.4) is 0 Å². The summed E-state index contributed by atoms with van der Waals surface area (Å²) in [5.74, 6) is -0.157. The standard InChI is InChI=1S/C17H24N4O2/c1-4-17(23)19-16-9-14(5-6-15(16)18)11-20-7-8-21(13(3)22)10-12(20)2/h4-6,9,12H,1,7-8,10-11,18H2,2-3H3,(H,19,23)/t12-/m1/s1. The SMILES string of the molecule is C=CC(=O)Nc1cc(CN2CCN(C(C)=O)C[C@H]2C)ccc1N. The molecule has 1 atom stereocenters. The smallest absolute Gasteiger partial charge is 0.247 e. The number of rotatable bonds is 4. The summed E-state index contributed by atoms with van der Waals surface area (Å²) < 4.78 is 0. The molecule has 3 N–H and O–H groups in total. The first-order valence-electron chi connectivity index (χ1n) is 7.72. The molecule has 0 spiro atoms. The van der Waals surface area contributed by atoms with Gasteiger partial charge in [0.05, 0.1) is 11.4 Å². The highest BCUT2D eigenvalue weighted by molar-refractivity contribution is 6.00. The Morgan fingerprint density at radius 1 is 1.43 bits per heavy atom. The van der Waals surface area contributed by atoms with E-state index in [0.29, 0.717) is 11.4 Å². The predicted octanol–water partition coefficient (Wildman–Crippen LogP) is 1.45. The van der Waals surface area contributed by atoms with Crippen LogP contribution >= 0.6 is 0 Å². The number of amides is 2. The van der Waals surface area contributed by atoms with Crippen molar-refractivity contribution in [3.63, 3.8) is 0 Å². The fourth-order valence-electron chi connectivity index (χ4n) is 2.74. The molecular formula is C17H24N4O2. The van der Waals surface area contributed by atoms with E-state index in [4.69, 9.17) is 5.73 Å². The fraction of sp³-hybridized carbons (Fsp3) is 0.412. The van der Waals surface area contributed by atoms with Gasteiger partial charge in [-0.3, -0.25) is 14.5 Å². The summed E-state index contributed by atoms with van der Waals surface area (Å²) in [5, 5.41) is 2.72. The van der Waals surface area contributed by atoms with Crippen molar-refractivity contribution >= 4 is 23.2 Å². The van der Waals surface area contributed by atoms with Crippen molar-refractivity contribution in [1.29, 1.82) is 0 Å². The predicted molar refractivity (Wildman–Crippen MR) is 91.8 cm³/mol. The third-order valence-electron chi connectivity index (χ3n) is 4.16. The second-order valence-electron chi connectivity index (χ2n) is 5.90. The topological polar surface area (TPSA) is 78.7 Å². The molecule has 1 saturated heterocycles. The van der Waals surface area contributed by atoms with Crippen LogP contribution < -0.4 is 11.1 Å². The van der Waals surface area contributed by atoms with Gasteiger partial charge in [0, 0.05) is 39.1 Å². The van der Waals surface area contributed by atoms with Gasteiger partial charge in [-0.2, -0.15) is 0 Å². The molecule has 1 aliphatic heterocycles. The average Bonchev–Trinajstić information content (AvgIpc) is 2.52. The highest BCUT2D eigenvalue weighted by Crippen LogP contribution is 2.22. The minimum absolute atomic E-state index is 0.124. The molecule has 1 heterocycles. The Balaban J connectivity index is 2.05. The number of nitrogens with zero attached hydrogens (tertiary/aromatic N) is 2. The van der Waals surface area contributed by atoms with E-state index in [0.717, 1.165) is 31.7 Å². The lowest BCUT2D eigenvalue weighted by Crippen LogP contribution is -2.52. The van der Waals surface area contributed by atoms with Gasteiger partial charge < -0.3 is 16.0 Å². The molecule has 2 amide bonds. The third kappa shape index (κ3) is 4.32. The van der Waals surface area contributed by atoms with Crippen LogP contribution in [-0.2, 0) is 16.1 Å². The monoisotopic (exact) mass is 316 g/mol. The molecule has 0 saturated carbocycles. The number of benzene rings is 1. The second-order valence-corrected chi connectivity index (χ2v) is 5.90. The molecule has 0 bridgehead atoms. The van der Waals surface area contributed by atoms with Crippen LogP contribution in [0.4, 0.5) is 11.4 Å². The van der Waals surface area contributed by atoms with Crippen LogP contribution in [0.2, 0.25) is 0 Å². The zero-order valence-corrected chi connectivity index (χ0v) is 13.7. The van der Waals surface area contributed by atoms with Gasteiger partial charge in [0.1, 0.15) is 0 Å². The molecule has 0 radical (unpaired) electrons. The van der Waals surface area contributed by atoms with Gasteiger partial charge >= 0.3 is 0 Å². The minimum atomic E-state index is -0.280. The van der Waals surface area contributed by atoms with Gasteiger partial charge in [0.15, 0.2) is 0 Å². The maximum absolute atomic E-state index is 11.5. The van der Waals surface area contributed by atoms with Gasteiger partial charge in [0.2, 0.25) is 11.8 Å². The molecule has 0 aliphatic carbocycles. The molecule has 1 fully saturated rings. The van der Waals surface area contributed by atoms with Crippen LogP contribution in [-0.4, -0.2) is 47.3 Å². The largest absolute Gasteiger partial charge is 0.397 e. The zero-order valence-electron chi connectivity index (χ0n) is 13.7. The number of piperazine rings is 1. The number of carbonyl (C=O) groups is 2. The normalized spacial score (nSPS) is 18.5. The van der Waals surface area contributed by atoms with Crippen molar-refractivity contribution in [2.24, 2.45) is 0 Å². The lowest BCUT2D eigenvalue weighted by Gasteiger charge is -2.39. The van der Waals surface area contributed by atoms with Crippen LogP contribution in [0.1, 0.15) is 19.4 Å². The van der Waals surface area contributed by atoms with E-state index >= 15 is 0 Å². The van der Waals surface area contributed by atoms with Crippen LogP contribution in [0, 0.1) is 0 Å². The Morgan fingerprint density at radius 3 is 2.78 bits per heavy atom. The summed E-state index contributed by atoms with van der Waals surface area (Å²) in [6, 6.07) is 5.94. The molecule has 1 aromatic rings. The molecular weight excluding hydrogens is 292 g/mol. The molecule has 124 valence electrons. The van der Waals surface area contributed by atoms with E-state index in [1.165, 1.54) is 6.08 Å². The van der Waals surface area contributed by atoms with Crippen LogP contribution in [0.25, 0.3) is 0 Å². The lowest BCUT2D eigenvalue weighted by atomic mass is 10.1. The first kappa shape index (κ1) is 17.0. The van der Waals surface area contributed by atoms with Gasteiger partial charge in [-0.15, -0.1) is 0 Å². The van der Waals surface area contributed by atoms with Gasteiger partial charge in [-0.05, 0) is 30.7 Å². The molecule has 6 nitrogen and oxygen atoms in total. The molecule has 6 heteroatoms. The Hall–Kier alpha value is -2.34. The summed E-state index contributed by atoms with van der Waals surface area (Å²) in [6.45, 7) is 10.2. The van der Waals surface area contributed by atoms with Gasteiger partial charge in [-0.1, -0.05) is 12.6 Å². The van der Waals surface area contributed by atoms with E-state index in [1.54, 1.807) is 13.0 Å². The maximum Gasteiger partial charge on any atom is 0.247 e. The van der Waals surface area contributed by atoms with Crippen molar-refractivity contribution in [3.05, 3.63) is 36.4 Å². The Bertz CT molecular complexity index is 615. The summed E-state index contributed by atoms with van der Waals surface area (Å²) in [6.07, 6.45) is 1.22. The highest BCUT2D eigenvalue weighted by Gasteiger charge is 2.25. The Morgan fingerprint density at radius 2 is 2.17 bits per heavy atom. The zero-order chi connectivity index (χ0) is 17.0. The van der Waals surface area contributed by atoms with E-state index in [2.05, 4.69) is 23.7 Å². The van der Waals surface area contributed by atoms with E-state index in [9.17, 15) is 9.59 Å². The van der Waals surface area contributed by atoms with Crippen molar-refractivity contribution < 1.29 is 9.59 Å². The summed E-state index contributed by atoms with van der Waals surface area (Å²) in [5.41, 5.74) is 8.09. The maximum atomic E-state index is 11.5. The second kappa shape index (κ2) is 7.28. The molecule has 1 aliphatic rings. The first-order valence-corrected chi connectivity index (χ1v) is 7.72. The van der Waals surface area contributed by atoms with Crippen LogP contribution in [0.15, 0.2) is 30.9 Å². The third-order valence-corrected chi connectivity index (χ3v) is 4.16. The summed E-state index contributed by atoms with van der Waals surface area (Å²) in [7, 11) is 0. The minimum Gasteiger partial charge on any atom is -0.397 e. The average molecular weight is 316 g/mol. The first-order chi connectivity index (χ1) is 10.9. The summed E-state index contributed by atoms with van der Waals surface area (Å²) >= 11 is 0. The number of hydrogen-bond acceptors (Lipinski definition) is 4. The number of hydrogen-bond donors (Lipinski definition) is 2. The summed E-state index contributed by atoms with van der Waals surface area (Å²) in [4.78, 5) is 27.1. The molecule has 0 unspecified atom stereocenters. The molecule has 23 heavy (non-hydrogen) atoms. The van der Waals surface area contributed by atoms with Crippen molar-refractivity contribution in [2.45, 2.75) is 26.4 Å². The number of nitrogens with one attached hydrogen (secondary N) is 1. The Labute approximate surface area is 136 Å². The molecule has 1 aromatic carbocycles. The molecule has 2 rings (SSSR count). The highest BCUT2D eigenvalue weighted by atomic mass is 16.2. The van der Waals surface area contributed by atoms with Crippen molar-refractivity contribution in [3.8, 4) is 0 Å². The lowest BCUT2D eigenvalue weighted by molar-refractivity contribution is -0.131. The number of anilines is 2. The van der Waals surface area contributed by atoms with Gasteiger partial charge in [0.25, 0.3) is 0 Å². The van der Waals surface area contributed by atoms with E-state index in [-0.39, 0.29) is 17.9 Å². The van der Waals surface area contributed by atoms with E-state index in [1.807, 2.05) is 17.0 Å². The number of carbonyl (C=O) groups excluding carboxylic acids is 2. The van der Waals surface area contributed by atoms with Gasteiger partial charge in [-0.25, -0.2) is 0 Å². The fourth-order valence-corrected chi connectivity index (χ4v) is 2.74. The quantitative estimate of drug-likeness (QED) is 0.651. The van der Waals surface area contributed by atoms with Crippen molar-refractivity contribution in [2.75, 3.05) is 30.7 Å². The van der Waals surface area contributed by atoms with Crippen LogP contribution in [0.5, 0.6) is 0 Å². The molecule has 0 aromatic heterocycles. The van der Waals surface area contributed by atoms with E-state index < -0.39 is 0 Å². The number of nitrogen functional groups attached to an aromatic ring is 1.